The van der Waals surface area contributed by atoms with Crippen molar-refractivity contribution in [2.75, 3.05) is 14.2 Å². The molecule has 0 aromatic carbocycles. The first-order valence-electron chi connectivity index (χ1n) is 6.06. The van der Waals surface area contributed by atoms with Crippen LogP contribution in [0.5, 0.6) is 0 Å². The van der Waals surface area contributed by atoms with E-state index in [1.807, 2.05) is 0 Å². The Morgan fingerprint density at radius 3 is 1.87 bits per heavy atom. The van der Waals surface area contributed by atoms with Crippen molar-refractivity contribution in [2.45, 2.75) is 50.2 Å². The van der Waals surface area contributed by atoms with Gasteiger partial charge in [0.15, 0.2) is 0 Å². The SMILES string of the molecule is COB(OC)[Se]B1C2CCCC1CCC2. The van der Waals surface area contributed by atoms with Gasteiger partial charge in [0, 0.05) is 0 Å². The zero-order valence-corrected chi connectivity index (χ0v) is 11.5. The summed E-state index contributed by atoms with van der Waals surface area (Å²) in [6.07, 6.45) is 8.78. The van der Waals surface area contributed by atoms with Crippen LogP contribution in [0.1, 0.15) is 38.5 Å². The minimum atomic E-state index is 0.0868. The summed E-state index contributed by atoms with van der Waals surface area (Å²) in [4.78, 5) is 0. The van der Waals surface area contributed by atoms with Crippen LogP contribution in [0.25, 0.3) is 0 Å². The predicted octanol–water partition coefficient (Wildman–Crippen LogP) is 2.07. The Morgan fingerprint density at radius 1 is 1.00 bits per heavy atom. The molecule has 0 aromatic heterocycles. The molecule has 2 saturated heterocycles. The molecule has 84 valence electrons. The molecule has 0 N–H and O–H groups in total. The van der Waals surface area contributed by atoms with Crippen LogP contribution in [0.15, 0.2) is 0 Å². The van der Waals surface area contributed by atoms with Gasteiger partial charge in [-0.25, -0.2) is 0 Å². The first-order chi connectivity index (χ1) is 7.35. The summed E-state index contributed by atoms with van der Waals surface area (Å²) in [6, 6.07) is 0. The Morgan fingerprint density at radius 2 is 1.47 bits per heavy atom. The van der Waals surface area contributed by atoms with E-state index in [-0.39, 0.29) is 5.93 Å². The van der Waals surface area contributed by atoms with Gasteiger partial charge in [-0.05, 0) is 0 Å². The molecule has 15 heavy (non-hydrogen) atoms. The molecule has 0 amide bonds. The van der Waals surface area contributed by atoms with Gasteiger partial charge in [-0.3, -0.25) is 0 Å². The Bertz CT molecular complexity index is 180. The molecule has 0 saturated carbocycles. The summed E-state index contributed by atoms with van der Waals surface area (Å²) < 4.78 is 10.7. The fraction of sp³-hybridized carbons (Fsp3) is 1.00. The molecule has 0 atom stereocenters. The van der Waals surface area contributed by atoms with Crippen LogP contribution >= 0.6 is 0 Å². The van der Waals surface area contributed by atoms with Gasteiger partial charge in [0.05, 0.1) is 0 Å². The van der Waals surface area contributed by atoms with E-state index in [4.69, 9.17) is 9.31 Å². The van der Waals surface area contributed by atoms with Crippen molar-refractivity contribution < 1.29 is 9.31 Å². The van der Waals surface area contributed by atoms with Crippen molar-refractivity contribution in [3.05, 3.63) is 0 Å². The van der Waals surface area contributed by atoms with Crippen molar-refractivity contribution >= 4 is 26.1 Å². The summed E-state index contributed by atoms with van der Waals surface area (Å²) in [5.74, 6) is 2.07. The molecule has 2 bridgehead atoms. The average Bonchev–Trinajstić information content (AvgIpc) is 2.25. The van der Waals surface area contributed by atoms with E-state index in [0.717, 1.165) is 17.2 Å². The molecule has 0 aromatic rings. The Kier molecular flexibility index (Phi) is 4.63. The number of hydrogen-bond donors (Lipinski definition) is 0. The van der Waals surface area contributed by atoms with Crippen molar-refractivity contribution in [1.29, 1.82) is 0 Å². The van der Waals surface area contributed by atoms with Gasteiger partial charge in [0.2, 0.25) is 0 Å². The van der Waals surface area contributed by atoms with Crippen LogP contribution in [-0.2, 0) is 9.31 Å². The standard InChI is InChI=1S/C10H20B2O2Se/c1-13-12(14-2)15-11-9-5-3-6-10(11)8-4-7-9/h9-10H,3-8H2,1-2H3. The first-order valence-corrected chi connectivity index (χ1v) is 8.04. The summed E-state index contributed by atoms with van der Waals surface area (Å²) in [6.45, 7) is 0. The third-order valence-corrected chi connectivity index (χ3v) is 7.43. The quantitative estimate of drug-likeness (QED) is 0.730. The molecule has 0 aliphatic carbocycles. The van der Waals surface area contributed by atoms with Crippen LogP contribution in [0.2, 0.25) is 11.6 Å². The summed E-state index contributed by atoms with van der Waals surface area (Å²) in [5, 5.41) is 0. The number of rotatable bonds is 4. The van der Waals surface area contributed by atoms with E-state index in [9.17, 15) is 0 Å². The van der Waals surface area contributed by atoms with Gasteiger partial charge in [-0.2, -0.15) is 0 Å². The van der Waals surface area contributed by atoms with E-state index in [1.54, 1.807) is 14.2 Å². The fourth-order valence-electron chi connectivity index (χ4n) is 3.17. The maximum atomic E-state index is 5.37. The fourth-order valence-corrected chi connectivity index (χ4v) is 6.25. The molecular formula is C10H20B2O2Se. The van der Waals surface area contributed by atoms with Crippen LogP contribution in [0.3, 0.4) is 0 Å². The second kappa shape index (κ2) is 5.77. The van der Waals surface area contributed by atoms with Crippen LogP contribution in [-0.4, -0.2) is 40.3 Å². The van der Waals surface area contributed by atoms with Crippen LogP contribution in [0.4, 0.5) is 0 Å². The van der Waals surface area contributed by atoms with Gasteiger partial charge < -0.3 is 0 Å². The molecule has 0 radical (unpaired) electrons. The molecule has 2 nitrogen and oxygen atoms in total. The van der Waals surface area contributed by atoms with Gasteiger partial charge in [0.25, 0.3) is 0 Å². The van der Waals surface area contributed by atoms with Gasteiger partial charge in [-0.15, -0.1) is 0 Å². The molecule has 5 heteroatoms. The molecule has 2 fully saturated rings. The van der Waals surface area contributed by atoms with Crippen LogP contribution < -0.4 is 0 Å². The van der Waals surface area contributed by atoms with Crippen molar-refractivity contribution in [2.24, 2.45) is 0 Å². The Hall–Kier alpha value is 0.569. The van der Waals surface area contributed by atoms with Crippen molar-refractivity contribution in [3.8, 4) is 0 Å². The van der Waals surface area contributed by atoms with Crippen molar-refractivity contribution in [1.82, 2.24) is 0 Å². The van der Waals surface area contributed by atoms with Gasteiger partial charge >= 0.3 is 99.8 Å². The Labute approximate surface area is 99.9 Å². The zero-order chi connectivity index (χ0) is 10.7. The topological polar surface area (TPSA) is 18.5 Å². The first kappa shape index (κ1) is 12.0. The molecule has 0 spiro atoms. The monoisotopic (exact) mass is 274 g/mol. The van der Waals surface area contributed by atoms with Gasteiger partial charge in [0.1, 0.15) is 0 Å². The van der Waals surface area contributed by atoms with E-state index in [2.05, 4.69) is 0 Å². The summed E-state index contributed by atoms with van der Waals surface area (Å²) in [7, 11) is 3.54. The maximum absolute atomic E-state index is 5.37. The van der Waals surface area contributed by atoms with E-state index < -0.39 is 0 Å². The van der Waals surface area contributed by atoms with Crippen molar-refractivity contribution in [3.63, 3.8) is 0 Å². The summed E-state index contributed by atoms with van der Waals surface area (Å²) >= 11 is 0.514. The molecular weight excluding hydrogens is 253 g/mol. The Balaban J connectivity index is 1.94. The second-order valence-electron chi connectivity index (χ2n) is 4.74. The number of hydrogen-bond acceptors (Lipinski definition) is 2. The summed E-state index contributed by atoms with van der Waals surface area (Å²) in [5.41, 5.74) is 0.935. The minimum absolute atomic E-state index is 0.0868. The van der Waals surface area contributed by atoms with Gasteiger partial charge in [-0.1, -0.05) is 0 Å². The third kappa shape index (κ3) is 2.82. The molecule has 2 aliphatic rings. The average molecular weight is 273 g/mol. The molecule has 2 rings (SSSR count). The van der Waals surface area contributed by atoms with Crippen LogP contribution in [0, 0.1) is 0 Å². The van der Waals surface area contributed by atoms with E-state index in [1.165, 1.54) is 38.5 Å². The van der Waals surface area contributed by atoms with E-state index >= 15 is 0 Å². The number of fused-ring (bicyclic) bond motifs is 2. The van der Waals surface area contributed by atoms with E-state index in [0.29, 0.717) is 14.6 Å². The second-order valence-corrected chi connectivity index (χ2v) is 7.26. The third-order valence-electron chi connectivity index (χ3n) is 3.88. The normalized spacial score (nSPS) is 30.4. The molecule has 0 unspecified atom stereocenters. The molecule has 2 heterocycles. The molecule has 2 aliphatic heterocycles. The predicted molar refractivity (Wildman–Crippen MR) is 66.5 cm³/mol. The zero-order valence-electron chi connectivity index (χ0n) is 9.78.